The Morgan fingerprint density at radius 3 is 1.40 bits per heavy atom. The van der Waals surface area contributed by atoms with Crippen molar-refractivity contribution in [1.29, 1.82) is 0 Å². The van der Waals surface area contributed by atoms with Gasteiger partial charge in [-0.2, -0.15) is 0 Å². The standard InChI is InChI=1S/2C18H24O2.CH4.Ac/c2*1-18-9-8-14-13-5-3-12(19)10-11(13)2-4-15(14)16(18)6-7-17(18)20;;/h2*3,5,10,14-17,19-20H,2,4,6-9H2,1H3;1H4;. The fourth-order valence-electron chi connectivity index (χ4n) is 11.1. The fourth-order valence-corrected chi connectivity index (χ4v) is 11.1. The van der Waals surface area contributed by atoms with Gasteiger partial charge in [0.2, 0.25) is 0 Å². The Morgan fingerprint density at radius 1 is 0.595 bits per heavy atom. The van der Waals surface area contributed by atoms with Crippen molar-refractivity contribution in [3.63, 3.8) is 0 Å². The van der Waals surface area contributed by atoms with Crippen molar-refractivity contribution in [3.8, 4) is 11.5 Å². The number of aromatic hydroxyl groups is 2. The SMILES string of the molecule is C.CC12CCC3c4ccc(O)cc4CCC3C1CCC2O.CC12CCC3c4ccc(O)cc4CCC3C1CCC2O.[Ac]. The van der Waals surface area contributed by atoms with Crippen LogP contribution >= 0.6 is 0 Å². The van der Waals surface area contributed by atoms with Gasteiger partial charge in [0.1, 0.15) is 11.5 Å². The molecule has 2 aromatic rings. The van der Waals surface area contributed by atoms with Gasteiger partial charge in [0.25, 0.3) is 0 Å². The summed E-state index contributed by atoms with van der Waals surface area (Å²) in [5, 5.41) is 40.1. The largest absolute Gasteiger partial charge is 0.508 e. The third-order valence-electron chi connectivity index (χ3n) is 13.3. The third-order valence-corrected chi connectivity index (χ3v) is 13.3. The molecule has 5 heteroatoms. The molecule has 0 amide bonds. The molecule has 6 aliphatic rings. The van der Waals surface area contributed by atoms with E-state index < -0.39 is 0 Å². The van der Waals surface area contributed by atoms with Gasteiger partial charge in [-0.25, -0.2) is 0 Å². The third kappa shape index (κ3) is 5.23. The summed E-state index contributed by atoms with van der Waals surface area (Å²) < 4.78 is 0. The van der Waals surface area contributed by atoms with Gasteiger partial charge in [0.15, 0.2) is 0 Å². The molecule has 0 bridgehead atoms. The fraction of sp³-hybridized carbons (Fsp3) is 0.676. The number of fused-ring (bicyclic) bond motifs is 10. The summed E-state index contributed by atoms with van der Waals surface area (Å²) in [6, 6.07) is 11.9. The first-order valence-electron chi connectivity index (χ1n) is 16.2. The maximum absolute atomic E-state index is 10.4. The van der Waals surface area contributed by atoms with Crippen molar-refractivity contribution in [3.05, 3.63) is 58.7 Å². The molecule has 0 heterocycles. The molecule has 42 heavy (non-hydrogen) atoms. The van der Waals surface area contributed by atoms with Gasteiger partial charge in [0.05, 0.1) is 12.2 Å². The van der Waals surface area contributed by atoms with E-state index in [1.54, 1.807) is 0 Å². The molecule has 8 rings (SSSR count). The molecule has 227 valence electrons. The molecule has 10 atom stereocenters. The summed E-state index contributed by atoms with van der Waals surface area (Å²) in [7, 11) is 0. The van der Waals surface area contributed by atoms with Gasteiger partial charge < -0.3 is 20.4 Å². The number of hydrogen-bond donors (Lipinski definition) is 4. The summed E-state index contributed by atoms with van der Waals surface area (Å²) in [6.45, 7) is 4.63. The molecule has 2 aromatic carbocycles. The second-order valence-electron chi connectivity index (χ2n) is 14.9. The topological polar surface area (TPSA) is 80.9 Å². The van der Waals surface area contributed by atoms with Gasteiger partial charge in [-0.3, -0.25) is 0 Å². The van der Waals surface area contributed by atoms with Gasteiger partial charge in [-0.05, 0) is 170 Å². The molecule has 4 fully saturated rings. The first-order valence-corrected chi connectivity index (χ1v) is 16.2. The van der Waals surface area contributed by atoms with Gasteiger partial charge in [-0.1, -0.05) is 33.4 Å². The van der Waals surface area contributed by atoms with Crippen LogP contribution in [0.2, 0.25) is 0 Å². The number of aryl methyl sites for hydroxylation is 2. The van der Waals surface area contributed by atoms with Crippen LogP contribution in [-0.2, 0) is 12.8 Å². The second-order valence-corrected chi connectivity index (χ2v) is 14.9. The number of benzene rings is 2. The minimum Gasteiger partial charge on any atom is -0.508 e. The van der Waals surface area contributed by atoms with Gasteiger partial charge in [-0.15, -0.1) is 0 Å². The van der Waals surface area contributed by atoms with Crippen molar-refractivity contribution in [2.45, 2.75) is 122 Å². The van der Waals surface area contributed by atoms with E-state index in [1.807, 2.05) is 24.3 Å². The first kappa shape index (κ1) is 32.8. The number of hydrogen-bond acceptors (Lipinski definition) is 4. The Kier molecular flexibility index (Phi) is 9.60. The van der Waals surface area contributed by atoms with Crippen molar-refractivity contribution >= 4 is 0 Å². The van der Waals surface area contributed by atoms with Crippen LogP contribution in [0.4, 0.5) is 0 Å². The normalized spacial score (nSPS) is 40.7. The molecule has 10 unspecified atom stereocenters. The van der Waals surface area contributed by atoms with E-state index in [0.717, 1.165) is 50.4 Å². The molecule has 4 saturated carbocycles. The van der Waals surface area contributed by atoms with Crippen molar-refractivity contribution < 1.29 is 64.5 Å². The molecule has 0 aromatic heterocycles. The van der Waals surface area contributed by atoms with Crippen LogP contribution in [0.3, 0.4) is 0 Å². The molecule has 1 radical (unpaired) electrons. The Bertz CT molecular complexity index is 1180. The number of rotatable bonds is 0. The molecule has 0 aliphatic heterocycles. The van der Waals surface area contributed by atoms with Crippen LogP contribution in [0.1, 0.15) is 120 Å². The monoisotopic (exact) mass is 787 g/mol. The van der Waals surface area contributed by atoms with Crippen LogP contribution in [0.15, 0.2) is 36.4 Å². The van der Waals surface area contributed by atoms with E-state index >= 15 is 0 Å². The smallest absolute Gasteiger partial charge is 0.115 e. The Labute approximate surface area is 289 Å². The molecule has 6 aliphatic carbocycles. The Morgan fingerprint density at radius 2 is 1.00 bits per heavy atom. The average molecular weight is 788 g/mol. The number of aliphatic hydroxyl groups is 2. The molecule has 0 spiro atoms. The van der Waals surface area contributed by atoms with Crippen LogP contribution in [0.25, 0.3) is 0 Å². The maximum Gasteiger partial charge on any atom is 0.115 e. The van der Waals surface area contributed by atoms with Crippen molar-refractivity contribution in [2.24, 2.45) is 34.5 Å². The Balaban J connectivity index is 0.000000160. The number of phenols is 2. The minimum absolute atomic E-state index is 0. The van der Waals surface area contributed by atoms with Gasteiger partial charge in [0, 0.05) is 44.1 Å². The van der Waals surface area contributed by atoms with E-state index in [0.29, 0.717) is 35.2 Å². The summed E-state index contributed by atoms with van der Waals surface area (Å²) >= 11 is 0. The summed E-state index contributed by atoms with van der Waals surface area (Å²) in [6.07, 6.45) is 13.6. The predicted octanol–water partition coefficient (Wildman–Crippen LogP) is 7.85. The molecule has 4 N–H and O–H groups in total. The number of phenolic OH excluding ortho intramolecular Hbond substituents is 2. The second kappa shape index (κ2) is 12.3. The predicted molar refractivity (Wildman–Crippen MR) is 164 cm³/mol. The zero-order valence-corrected chi connectivity index (χ0v) is 29.7. The quantitative estimate of drug-likeness (QED) is 0.220. The summed E-state index contributed by atoms with van der Waals surface area (Å²) in [5.41, 5.74) is 5.98. The van der Waals surface area contributed by atoms with E-state index in [-0.39, 0.29) is 74.5 Å². The van der Waals surface area contributed by atoms with Crippen LogP contribution in [-0.4, -0.2) is 32.6 Å². The summed E-state index contributed by atoms with van der Waals surface area (Å²) in [4.78, 5) is 0. The molecular weight excluding hydrogens is 735 g/mol. The molecule has 4 nitrogen and oxygen atoms in total. The van der Waals surface area contributed by atoms with Crippen LogP contribution in [0.5, 0.6) is 11.5 Å². The van der Waals surface area contributed by atoms with Crippen molar-refractivity contribution in [1.82, 2.24) is 0 Å². The summed E-state index contributed by atoms with van der Waals surface area (Å²) in [5.74, 6) is 4.98. The maximum atomic E-state index is 10.4. The minimum atomic E-state index is -0.0883. The zero-order valence-electron chi connectivity index (χ0n) is 24.9. The Hall–Kier alpha value is -0.598. The van der Waals surface area contributed by atoms with E-state index in [1.165, 1.54) is 60.8 Å². The first-order chi connectivity index (χ1) is 19.2. The van der Waals surface area contributed by atoms with E-state index in [9.17, 15) is 20.4 Å². The van der Waals surface area contributed by atoms with E-state index in [4.69, 9.17) is 0 Å². The average Bonchev–Trinajstić information content (AvgIpc) is 3.43. The van der Waals surface area contributed by atoms with E-state index in [2.05, 4.69) is 26.0 Å². The molecular formula is C37H52AcO4. The molecule has 0 saturated heterocycles. The van der Waals surface area contributed by atoms with Gasteiger partial charge >= 0.3 is 0 Å². The van der Waals surface area contributed by atoms with Crippen molar-refractivity contribution in [2.75, 3.05) is 0 Å². The van der Waals surface area contributed by atoms with Crippen LogP contribution < -0.4 is 0 Å². The number of aliphatic hydroxyl groups excluding tert-OH is 2. The zero-order chi connectivity index (χ0) is 27.8. The van der Waals surface area contributed by atoms with Crippen LogP contribution in [0, 0.1) is 78.6 Å².